The third-order valence-corrected chi connectivity index (χ3v) is 3.93. The number of hydrogen-bond donors (Lipinski definition) is 1. The average Bonchev–Trinajstić information content (AvgIpc) is 2.39. The molecule has 1 saturated heterocycles. The number of aryl methyl sites for hydroxylation is 1. The Hall–Kier alpha value is -1.32. The Bertz CT molecular complexity index is 423. The molecule has 4 nitrogen and oxygen atoms in total. The summed E-state index contributed by atoms with van der Waals surface area (Å²) in [7, 11) is 0. The lowest BCUT2D eigenvalue weighted by molar-refractivity contribution is 0.552. The molecule has 0 atom stereocenters. The van der Waals surface area contributed by atoms with E-state index in [0.717, 1.165) is 43.5 Å². The van der Waals surface area contributed by atoms with Crippen LogP contribution >= 0.6 is 0 Å². The molecule has 0 amide bonds. The summed E-state index contributed by atoms with van der Waals surface area (Å²) < 4.78 is 0. The van der Waals surface area contributed by atoms with Crippen LogP contribution in [-0.4, -0.2) is 29.6 Å². The van der Waals surface area contributed by atoms with Gasteiger partial charge in [-0.15, -0.1) is 0 Å². The predicted molar refractivity (Wildman–Crippen MR) is 85.6 cm³/mol. The average molecular weight is 276 g/mol. The summed E-state index contributed by atoms with van der Waals surface area (Å²) in [5.41, 5.74) is 1.20. The molecule has 0 unspecified atom stereocenters. The number of nitrogens with zero attached hydrogens (tertiary/aromatic N) is 3. The van der Waals surface area contributed by atoms with Gasteiger partial charge < -0.3 is 10.2 Å². The van der Waals surface area contributed by atoms with Crippen LogP contribution in [0.2, 0.25) is 0 Å². The summed E-state index contributed by atoms with van der Waals surface area (Å²) in [5, 5.41) is 3.43. The van der Waals surface area contributed by atoms with Crippen molar-refractivity contribution in [2.24, 2.45) is 0 Å². The Balaban J connectivity index is 2.22. The van der Waals surface area contributed by atoms with Crippen molar-refractivity contribution in [2.45, 2.75) is 59.3 Å². The van der Waals surface area contributed by atoms with Gasteiger partial charge in [-0.3, -0.25) is 0 Å². The minimum Gasteiger partial charge on any atom is -0.370 e. The fraction of sp³-hybridized carbons (Fsp3) is 0.750. The second-order valence-corrected chi connectivity index (χ2v) is 5.75. The van der Waals surface area contributed by atoms with Crippen molar-refractivity contribution in [3.8, 4) is 0 Å². The maximum Gasteiger partial charge on any atom is 0.137 e. The van der Waals surface area contributed by atoms with Crippen LogP contribution < -0.4 is 10.2 Å². The Morgan fingerprint density at radius 2 is 1.65 bits per heavy atom. The zero-order chi connectivity index (χ0) is 14.4. The monoisotopic (exact) mass is 276 g/mol. The molecule has 1 aliphatic heterocycles. The summed E-state index contributed by atoms with van der Waals surface area (Å²) >= 11 is 0. The lowest BCUT2D eigenvalue weighted by Crippen LogP contribution is -2.29. The fourth-order valence-corrected chi connectivity index (χ4v) is 2.80. The van der Waals surface area contributed by atoms with E-state index >= 15 is 0 Å². The highest BCUT2D eigenvalue weighted by Gasteiger charge is 2.16. The Kier molecular flexibility index (Phi) is 5.62. The fourth-order valence-electron chi connectivity index (χ4n) is 2.80. The van der Waals surface area contributed by atoms with Crippen molar-refractivity contribution in [1.82, 2.24) is 9.97 Å². The zero-order valence-corrected chi connectivity index (χ0v) is 13.2. The molecule has 0 radical (unpaired) electrons. The normalized spacial score (nSPS) is 16.6. The minimum atomic E-state index is 0.867. The minimum absolute atomic E-state index is 0.867. The van der Waals surface area contributed by atoms with E-state index in [9.17, 15) is 0 Å². The van der Waals surface area contributed by atoms with Crippen LogP contribution in [0.15, 0.2) is 0 Å². The molecule has 1 aliphatic rings. The number of anilines is 2. The van der Waals surface area contributed by atoms with Crippen LogP contribution in [0.1, 0.15) is 56.8 Å². The van der Waals surface area contributed by atoms with Gasteiger partial charge >= 0.3 is 0 Å². The molecule has 2 rings (SSSR count). The van der Waals surface area contributed by atoms with Crippen molar-refractivity contribution in [3.63, 3.8) is 0 Å². The van der Waals surface area contributed by atoms with Crippen LogP contribution in [0.3, 0.4) is 0 Å². The highest BCUT2D eigenvalue weighted by Crippen LogP contribution is 2.25. The van der Waals surface area contributed by atoms with E-state index in [0.29, 0.717) is 0 Å². The highest BCUT2D eigenvalue weighted by molar-refractivity contribution is 5.58. The first-order valence-corrected chi connectivity index (χ1v) is 8.06. The molecule has 0 bridgehead atoms. The van der Waals surface area contributed by atoms with Crippen molar-refractivity contribution in [1.29, 1.82) is 0 Å². The number of rotatable bonds is 4. The highest BCUT2D eigenvalue weighted by atomic mass is 15.2. The van der Waals surface area contributed by atoms with E-state index in [1.807, 2.05) is 6.92 Å². The quantitative estimate of drug-likeness (QED) is 0.910. The van der Waals surface area contributed by atoms with Gasteiger partial charge in [0.1, 0.15) is 17.5 Å². The molecule has 1 N–H and O–H groups in total. The first-order valence-electron chi connectivity index (χ1n) is 8.06. The topological polar surface area (TPSA) is 41.1 Å². The summed E-state index contributed by atoms with van der Waals surface area (Å²) in [4.78, 5) is 11.7. The van der Waals surface area contributed by atoms with Gasteiger partial charge in [-0.05, 0) is 33.1 Å². The Labute approximate surface area is 123 Å². The van der Waals surface area contributed by atoms with Crippen molar-refractivity contribution in [2.75, 3.05) is 29.9 Å². The molecular formula is C16H28N4. The van der Waals surface area contributed by atoms with Crippen molar-refractivity contribution < 1.29 is 0 Å². The van der Waals surface area contributed by atoms with E-state index in [1.54, 1.807) is 0 Å². The van der Waals surface area contributed by atoms with Gasteiger partial charge in [-0.2, -0.15) is 0 Å². The van der Waals surface area contributed by atoms with Crippen molar-refractivity contribution >= 4 is 11.6 Å². The van der Waals surface area contributed by atoms with Gasteiger partial charge in [0.2, 0.25) is 0 Å². The second kappa shape index (κ2) is 7.46. The molecule has 4 heteroatoms. The molecule has 112 valence electrons. The largest absolute Gasteiger partial charge is 0.370 e. The Morgan fingerprint density at radius 1 is 1.00 bits per heavy atom. The molecule has 1 aromatic heterocycles. The first kappa shape index (κ1) is 15.1. The lowest BCUT2D eigenvalue weighted by atomic mass is 10.1. The maximum absolute atomic E-state index is 4.71. The van der Waals surface area contributed by atoms with Crippen LogP contribution in [0.4, 0.5) is 11.6 Å². The van der Waals surface area contributed by atoms with Crippen LogP contribution in [-0.2, 0) is 0 Å². The smallest absolute Gasteiger partial charge is 0.137 e. The molecule has 0 saturated carbocycles. The third kappa shape index (κ3) is 3.84. The second-order valence-electron chi connectivity index (χ2n) is 5.75. The van der Waals surface area contributed by atoms with Gasteiger partial charge in [-0.25, -0.2) is 9.97 Å². The lowest BCUT2D eigenvalue weighted by Gasteiger charge is -2.28. The van der Waals surface area contributed by atoms with Gasteiger partial charge in [0.25, 0.3) is 0 Å². The third-order valence-electron chi connectivity index (χ3n) is 3.93. The molecule has 0 spiro atoms. The van der Waals surface area contributed by atoms with Crippen molar-refractivity contribution in [3.05, 3.63) is 11.4 Å². The zero-order valence-electron chi connectivity index (χ0n) is 13.2. The summed E-state index contributed by atoms with van der Waals surface area (Å²) in [6.45, 7) is 9.54. The van der Waals surface area contributed by atoms with E-state index in [2.05, 4.69) is 29.0 Å². The number of nitrogens with one attached hydrogen (secondary N) is 1. The van der Waals surface area contributed by atoms with Gasteiger partial charge in [0, 0.05) is 25.2 Å². The predicted octanol–water partition coefficient (Wildman–Crippen LogP) is 3.69. The molecule has 1 aromatic rings. The van der Waals surface area contributed by atoms with Crippen LogP contribution in [0.25, 0.3) is 0 Å². The molecule has 2 heterocycles. The van der Waals surface area contributed by atoms with Gasteiger partial charge in [-0.1, -0.05) is 26.2 Å². The van der Waals surface area contributed by atoms with Crippen LogP contribution in [0, 0.1) is 13.8 Å². The maximum atomic E-state index is 4.71. The van der Waals surface area contributed by atoms with Gasteiger partial charge in [0.05, 0.1) is 0 Å². The molecule has 20 heavy (non-hydrogen) atoms. The SMILES string of the molecule is CCCNc1nc(C)nc(N2CCCCCCC2)c1C. The summed E-state index contributed by atoms with van der Waals surface area (Å²) in [6.07, 6.45) is 7.75. The molecular weight excluding hydrogens is 248 g/mol. The van der Waals surface area contributed by atoms with Gasteiger partial charge in [0.15, 0.2) is 0 Å². The van der Waals surface area contributed by atoms with E-state index in [1.165, 1.54) is 37.7 Å². The number of aromatic nitrogens is 2. The Morgan fingerprint density at radius 3 is 2.30 bits per heavy atom. The standard InChI is InChI=1S/C16H28N4/c1-4-10-17-15-13(2)16(19-14(3)18-15)20-11-8-6-5-7-9-12-20/h4-12H2,1-3H3,(H,17,18,19). The van der Waals surface area contributed by atoms with E-state index in [4.69, 9.17) is 4.98 Å². The summed E-state index contributed by atoms with van der Waals surface area (Å²) in [5.74, 6) is 3.01. The molecule has 1 fully saturated rings. The van der Waals surface area contributed by atoms with E-state index < -0.39 is 0 Å². The molecule has 0 aromatic carbocycles. The first-order chi connectivity index (χ1) is 9.72. The summed E-state index contributed by atoms with van der Waals surface area (Å²) in [6, 6.07) is 0. The van der Waals surface area contributed by atoms with Crippen LogP contribution in [0.5, 0.6) is 0 Å². The number of hydrogen-bond acceptors (Lipinski definition) is 4. The molecule has 0 aliphatic carbocycles. The van der Waals surface area contributed by atoms with E-state index in [-0.39, 0.29) is 0 Å².